The highest BCUT2D eigenvalue weighted by molar-refractivity contribution is 6.38. The Morgan fingerprint density at radius 3 is 2.24 bits per heavy atom. The summed E-state index contributed by atoms with van der Waals surface area (Å²) in [5.74, 6) is -3.33. The number of carbonyl (C=O) groups is 6. The van der Waals surface area contributed by atoms with Gasteiger partial charge in [-0.2, -0.15) is 0 Å². The van der Waals surface area contributed by atoms with Gasteiger partial charge in [-0.1, -0.05) is 66.7 Å². The SMILES string of the molecule is CCCC(NC(=O)[C@@H]1[C@H]2CCC[C@H]2CN1C(=O)[C@@H](NC(=O)[C@H](NC(=O)c1cnccn1)C1CCCCC1)C(C)(C)C)C(=O)C(=O)N[C@@H](C)CC. The summed E-state index contributed by atoms with van der Waals surface area (Å²) >= 11 is 0. The molecule has 13 nitrogen and oxygen atoms in total. The minimum absolute atomic E-state index is 0.0946. The summed E-state index contributed by atoms with van der Waals surface area (Å²) in [5.41, 5.74) is -0.647. The molecule has 1 aliphatic heterocycles. The zero-order chi connectivity index (χ0) is 36.6. The van der Waals surface area contributed by atoms with Crippen LogP contribution >= 0.6 is 0 Å². The molecule has 1 aromatic rings. The number of nitrogens with one attached hydrogen (secondary N) is 4. The predicted molar refractivity (Wildman–Crippen MR) is 187 cm³/mol. The first-order chi connectivity index (χ1) is 23.8. The summed E-state index contributed by atoms with van der Waals surface area (Å²) in [4.78, 5) is 91.7. The molecule has 2 heterocycles. The smallest absolute Gasteiger partial charge is 0.289 e. The van der Waals surface area contributed by atoms with Crippen molar-refractivity contribution in [2.45, 2.75) is 142 Å². The van der Waals surface area contributed by atoms with Gasteiger partial charge in [-0.05, 0) is 68.6 Å². The van der Waals surface area contributed by atoms with E-state index in [1.807, 2.05) is 41.5 Å². The Morgan fingerprint density at radius 2 is 1.62 bits per heavy atom. The summed E-state index contributed by atoms with van der Waals surface area (Å²) in [6.45, 7) is 11.5. The molecule has 1 saturated heterocycles. The molecule has 0 bridgehead atoms. The number of Topliss-reactive ketones (excluding diaryl/α,β-unsaturated/α-hetero) is 1. The monoisotopic (exact) mass is 695 g/mol. The Balaban J connectivity index is 1.57. The van der Waals surface area contributed by atoms with Crippen LogP contribution in [-0.4, -0.2) is 86.9 Å². The van der Waals surface area contributed by atoms with Crippen LogP contribution in [0.3, 0.4) is 0 Å². The highest BCUT2D eigenvalue weighted by atomic mass is 16.2. The van der Waals surface area contributed by atoms with Crippen molar-refractivity contribution >= 4 is 35.3 Å². The number of aromatic nitrogens is 2. The van der Waals surface area contributed by atoms with E-state index in [0.29, 0.717) is 19.4 Å². The molecule has 5 amide bonds. The fraction of sp³-hybridized carbons (Fsp3) is 0.730. The zero-order valence-electron chi connectivity index (χ0n) is 30.6. The topological polar surface area (TPSA) is 180 Å². The first kappa shape index (κ1) is 38.9. The number of ketones is 1. The normalized spacial score (nSPS) is 23.2. The van der Waals surface area contributed by atoms with Crippen molar-refractivity contribution in [3.05, 3.63) is 24.3 Å². The van der Waals surface area contributed by atoms with E-state index in [9.17, 15) is 28.8 Å². The largest absolute Gasteiger partial charge is 0.347 e. The summed E-state index contributed by atoms with van der Waals surface area (Å²) in [6.07, 6.45) is 12.8. The maximum absolute atomic E-state index is 14.6. The summed E-state index contributed by atoms with van der Waals surface area (Å²) in [5, 5.41) is 11.5. The van der Waals surface area contributed by atoms with Crippen LogP contribution in [0.5, 0.6) is 0 Å². The van der Waals surface area contributed by atoms with E-state index in [0.717, 1.165) is 51.4 Å². The van der Waals surface area contributed by atoms with E-state index < -0.39 is 59.0 Å². The molecule has 276 valence electrons. The van der Waals surface area contributed by atoms with Gasteiger partial charge in [0, 0.05) is 25.0 Å². The molecule has 0 spiro atoms. The van der Waals surface area contributed by atoms with Crippen LogP contribution < -0.4 is 21.3 Å². The Kier molecular flexibility index (Phi) is 13.5. The van der Waals surface area contributed by atoms with Crippen LogP contribution in [0.1, 0.15) is 123 Å². The van der Waals surface area contributed by atoms with Crippen LogP contribution in [0, 0.1) is 23.2 Å². The Labute approximate surface area is 296 Å². The van der Waals surface area contributed by atoms with E-state index in [2.05, 4.69) is 31.2 Å². The lowest BCUT2D eigenvalue weighted by Crippen LogP contribution is -2.62. The Morgan fingerprint density at radius 1 is 0.900 bits per heavy atom. The molecule has 3 fully saturated rings. The van der Waals surface area contributed by atoms with E-state index in [1.54, 1.807) is 4.90 Å². The highest BCUT2D eigenvalue weighted by Crippen LogP contribution is 2.43. The maximum atomic E-state index is 14.6. The fourth-order valence-electron chi connectivity index (χ4n) is 7.78. The molecule has 3 aliphatic rings. The number of likely N-dealkylation sites (tertiary alicyclic amines) is 1. The third-order valence-electron chi connectivity index (χ3n) is 10.8. The van der Waals surface area contributed by atoms with Gasteiger partial charge < -0.3 is 26.2 Å². The number of hydrogen-bond donors (Lipinski definition) is 4. The van der Waals surface area contributed by atoms with Crippen molar-refractivity contribution in [1.29, 1.82) is 0 Å². The second kappa shape index (κ2) is 17.4. The van der Waals surface area contributed by atoms with Crippen molar-refractivity contribution in [1.82, 2.24) is 36.1 Å². The van der Waals surface area contributed by atoms with Gasteiger partial charge in [0.1, 0.15) is 23.8 Å². The molecule has 4 rings (SSSR count). The van der Waals surface area contributed by atoms with E-state index in [1.165, 1.54) is 18.6 Å². The molecule has 7 atom stereocenters. The lowest BCUT2D eigenvalue weighted by atomic mass is 9.82. The van der Waals surface area contributed by atoms with Crippen LogP contribution in [0.25, 0.3) is 0 Å². The third-order valence-corrected chi connectivity index (χ3v) is 10.8. The van der Waals surface area contributed by atoms with Gasteiger partial charge in [-0.25, -0.2) is 4.98 Å². The fourth-order valence-corrected chi connectivity index (χ4v) is 7.78. The lowest BCUT2D eigenvalue weighted by Gasteiger charge is -2.38. The minimum atomic E-state index is -1.01. The average Bonchev–Trinajstić information content (AvgIpc) is 3.70. The zero-order valence-corrected chi connectivity index (χ0v) is 30.6. The maximum Gasteiger partial charge on any atom is 0.289 e. The van der Waals surface area contributed by atoms with E-state index in [-0.39, 0.29) is 41.8 Å². The molecule has 2 saturated carbocycles. The molecule has 1 unspecified atom stereocenters. The van der Waals surface area contributed by atoms with Crippen molar-refractivity contribution in [3.63, 3.8) is 0 Å². The number of hydrogen-bond acceptors (Lipinski definition) is 8. The summed E-state index contributed by atoms with van der Waals surface area (Å²) in [6, 6.07) is -3.93. The molecule has 13 heteroatoms. The van der Waals surface area contributed by atoms with Crippen LogP contribution in [0.15, 0.2) is 18.6 Å². The molecular weight excluding hydrogens is 638 g/mol. The van der Waals surface area contributed by atoms with Crippen molar-refractivity contribution in [3.8, 4) is 0 Å². The highest BCUT2D eigenvalue weighted by Gasteiger charge is 2.52. The van der Waals surface area contributed by atoms with Crippen molar-refractivity contribution in [2.24, 2.45) is 23.2 Å². The van der Waals surface area contributed by atoms with Crippen molar-refractivity contribution in [2.75, 3.05) is 6.54 Å². The van der Waals surface area contributed by atoms with E-state index >= 15 is 0 Å². The van der Waals surface area contributed by atoms with Crippen LogP contribution in [-0.2, 0) is 24.0 Å². The number of rotatable bonds is 14. The minimum Gasteiger partial charge on any atom is -0.347 e. The Bertz CT molecular complexity index is 1380. The van der Waals surface area contributed by atoms with Gasteiger partial charge in [0.15, 0.2) is 0 Å². The quantitative estimate of drug-likeness (QED) is 0.215. The molecular formula is C37H57N7O6. The van der Waals surface area contributed by atoms with Gasteiger partial charge in [0.05, 0.1) is 12.2 Å². The van der Waals surface area contributed by atoms with Crippen molar-refractivity contribution < 1.29 is 28.8 Å². The van der Waals surface area contributed by atoms with Gasteiger partial charge in [-0.15, -0.1) is 0 Å². The van der Waals surface area contributed by atoms with E-state index in [4.69, 9.17) is 0 Å². The second-order valence-corrected chi connectivity index (χ2v) is 15.5. The Hall–Kier alpha value is -3.90. The summed E-state index contributed by atoms with van der Waals surface area (Å²) < 4.78 is 0. The lowest BCUT2D eigenvalue weighted by molar-refractivity contribution is -0.146. The van der Waals surface area contributed by atoms with Crippen LogP contribution in [0.2, 0.25) is 0 Å². The molecule has 2 aliphatic carbocycles. The second-order valence-electron chi connectivity index (χ2n) is 15.5. The number of fused-ring (bicyclic) bond motifs is 1. The van der Waals surface area contributed by atoms with Crippen LogP contribution in [0.4, 0.5) is 0 Å². The van der Waals surface area contributed by atoms with Gasteiger partial charge in [0.2, 0.25) is 23.5 Å². The number of nitrogens with zero attached hydrogens (tertiary/aromatic N) is 3. The number of carbonyl (C=O) groups excluding carboxylic acids is 6. The average molecular weight is 696 g/mol. The predicted octanol–water partition coefficient (Wildman–Crippen LogP) is 3.08. The molecule has 0 radical (unpaired) electrons. The molecule has 0 aromatic carbocycles. The standard InChI is InChI=1S/C37H57N7O6/c1-7-13-26(30(45)35(49)40-22(3)8-2)41-34(48)29-25-17-12-16-24(25)21-44(29)36(50)31(37(4,5)6)43-33(47)28(23-14-10-9-11-15-23)42-32(46)27-20-38-18-19-39-27/h18-20,22-26,28-29,31H,7-17,21H2,1-6H3,(H,40,49)(H,41,48)(H,42,46)(H,43,47)/t22-,24-,25-,26?,28+,29-,31+/m0/s1. The molecule has 4 N–H and O–H groups in total. The van der Waals surface area contributed by atoms with Gasteiger partial charge in [0.25, 0.3) is 11.8 Å². The first-order valence-corrected chi connectivity index (χ1v) is 18.6. The van der Waals surface area contributed by atoms with Gasteiger partial charge in [-0.3, -0.25) is 33.8 Å². The first-order valence-electron chi connectivity index (χ1n) is 18.6. The molecule has 1 aromatic heterocycles. The molecule has 50 heavy (non-hydrogen) atoms. The summed E-state index contributed by atoms with van der Waals surface area (Å²) in [7, 11) is 0. The number of amides is 5. The van der Waals surface area contributed by atoms with Gasteiger partial charge >= 0.3 is 0 Å². The third kappa shape index (κ3) is 9.45.